The first-order chi connectivity index (χ1) is 14.7. The highest BCUT2D eigenvalue weighted by Gasteiger charge is 2.19. The van der Waals surface area contributed by atoms with Crippen LogP contribution in [-0.4, -0.2) is 31.1 Å². The molecular formula is C23H20N4O3. The van der Waals surface area contributed by atoms with Gasteiger partial charge in [-0.25, -0.2) is 4.98 Å². The van der Waals surface area contributed by atoms with E-state index in [0.717, 1.165) is 29.4 Å². The lowest BCUT2D eigenvalue weighted by atomic mass is 9.98. The lowest BCUT2D eigenvalue weighted by molar-refractivity contribution is 0.103. The number of allylic oxidation sites excluding steroid dienone is 1. The van der Waals surface area contributed by atoms with Crippen molar-refractivity contribution in [3.05, 3.63) is 107 Å². The van der Waals surface area contributed by atoms with Gasteiger partial charge in [0.25, 0.3) is 0 Å². The van der Waals surface area contributed by atoms with Crippen molar-refractivity contribution in [3.8, 4) is 0 Å². The minimum atomic E-state index is -0.466. The van der Waals surface area contributed by atoms with Crippen LogP contribution in [0.5, 0.6) is 0 Å². The zero-order valence-electron chi connectivity index (χ0n) is 16.2. The molecule has 3 heterocycles. The van der Waals surface area contributed by atoms with Gasteiger partial charge in [0.05, 0.1) is 5.56 Å². The average Bonchev–Trinajstić information content (AvgIpc) is 3.44. The van der Waals surface area contributed by atoms with E-state index >= 15 is 0 Å². The number of carbonyl (C=O) groups is 1. The SMILES string of the molecule is O=C(C=C(O)c1coc(CCc2ccccc2)c1Cc1ccncc1)c1ncn[nH]1. The van der Waals surface area contributed by atoms with Gasteiger partial charge in [-0.2, -0.15) is 5.10 Å². The quantitative estimate of drug-likeness (QED) is 0.264. The molecule has 0 aliphatic heterocycles. The third-order valence-corrected chi connectivity index (χ3v) is 4.79. The van der Waals surface area contributed by atoms with E-state index in [1.807, 2.05) is 30.3 Å². The smallest absolute Gasteiger partial charge is 0.226 e. The Morgan fingerprint density at radius 1 is 1.07 bits per heavy atom. The minimum absolute atomic E-state index is 0.0602. The molecule has 0 saturated heterocycles. The summed E-state index contributed by atoms with van der Waals surface area (Å²) in [5.41, 5.74) is 3.56. The number of nitrogens with zero attached hydrogens (tertiary/aromatic N) is 3. The summed E-state index contributed by atoms with van der Waals surface area (Å²) in [6, 6.07) is 14.0. The van der Waals surface area contributed by atoms with E-state index < -0.39 is 5.78 Å². The number of nitrogens with one attached hydrogen (secondary N) is 1. The molecule has 2 N–H and O–H groups in total. The molecule has 0 aliphatic rings. The lowest BCUT2D eigenvalue weighted by Crippen LogP contribution is -2.01. The van der Waals surface area contributed by atoms with E-state index in [4.69, 9.17) is 4.42 Å². The summed E-state index contributed by atoms with van der Waals surface area (Å²) in [6.07, 6.45) is 9.34. The van der Waals surface area contributed by atoms with Crippen molar-refractivity contribution in [2.45, 2.75) is 19.3 Å². The molecule has 0 aliphatic carbocycles. The van der Waals surface area contributed by atoms with Gasteiger partial charge < -0.3 is 9.52 Å². The molecule has 0 spiro atoms. The molecule has 0 radical (unpaired) electrons. The number of aryl methyl sites for hydroxylation is 2. The molecule has 0 amide bonds. The Labute approximate surface area is 173 Å². The molecule has 0 fully saturated rings. The highest BCUT2D eigenvalue weighted by atomic mass is 16.3. The van der Waals surface area contributed by atoms with Gasteiger partial charge in [-0.1, -0.05) is 30.3 Å². The van der Waals surface area contributed by atoms with E-state index in [1.54, 1.807) is 12.4 Å². The van der Waals surface area contributed by atoms with Crippen LogP contribution in [0, 0.1) is 0 Å². The molecular weight excluding hydrogens is 380 g/mol. The van der Waals surface area contributed by atoms with Gasteiger partial charge in [0.1, 0.15) is 24.1 Å². The maximum Gasteiger partial charge on any atom is 0.226 e. The Balaban J connectivity index is 1.63. The van der Waals surface area contributed by atoms with Crippen LogP contribution in [0.1, 0.15) is 38.6 Å². The molecule has 0 saturated carbocycles. The second kappa shape index (κ2) is 9.00. The van der Waals surface area contributed by atoms with Crippen molar-refractivity contribution < 1.29 is 14.3 Å². The molecule has 0 bridgehead atoms. The first kappa shape index (κ1) is 19.3. The highest BCUT2D eigenvalue weighted by Crippen LogP contribution is 2.27. The van der Waals surface area contributed by atoms with Gasteiger partial charge in [0, 0.05) is 36.9 Å². The number of aromatic amines is 1. The maximum absolute atomic E-state index is 12.3. The Hall–Kier alpha value is -4.00. The van der Waals surface area contributed by atoms with E-state index in [9.17, 15) is 9.90 Å². The number of aliphatic hydroxyl groups excluding tert-OH is 1. The number of carbonyl (C=O) groups excluding carboxylic acids is 1. The Kier molecular flexibility index (Phi) is 5.80. The fourth-order valence-electron chi connectivity index (χ4n) is 3.24. The monoisotopic (exact) mass is 400 g/mol. The predicted molar refractivity (Wildman–Crippen MR) is 111 cm³/mol. The van der Waals surface area contributed by atoms with E-state index in [2.05, 4.69) is 32.3 Å². The average molecular weight is 400 g/mol. The summed E-state index contributed by atoms with van der Waals surface area (Å²) in [5.74, 6) is 0.199. The van der Waals surface area contributed by atoms with Gasteiger partial charge in [-0.3, -0.25) is 14.9 Å². The van der Waals surface area contributed by atoms with Crippen LogP contribution in [0.2, 0.25) is 0 Å². The fraction of sp³-hybridized carbons (Fsp3) is 0.130. The molecule has 4 rings (SSSR count). The molecule has 4 aromatic rings. The normalized spacial score (nSPS) is 11.5. The van der Waals surface area contributed by atoms with Gasteiger partial charge >= 0.3 is 0 Å². The maximum atomic E-state index is 12.3. The number of rotatable bonds is 8. The van der Waals surface area contributed by atoms with Crippen LogP contribution in [0.25, 0.3) is 5.76 Å². The minimum Gasteiger partial charge on any atom is -0.507 e. The fourth-order valence-corrected chi connectivity index (χ4v) is 3.24. The molecule has 0 unspecified atom stereocenters. The second-order valence-electron chi connectivity index (χ2n) is 6.80. The number of furan rings is 1. The topological polar surface area (TPSA) is 105 Å². The Bertz CT molecular complexity index is 1130. The molecule has 7 nitrogen and oxygen atoms in total. The van der Waals surface area contributed by atoms with Gasteiger partial charge in [0.15, 0.2) is 5.82 Å². The van der Waals surface area contributed by atoms with Gasteiger partial charge in [-0.05, 0) is 29.7 Å². The third kappa shape index (κ3) is 4.52. The van der Waals surface area contributed by atoms with Crippen molar-refractivity contribution in [2.75, 3.05) is 0 Å². The van der Waals surface area contributed by atoms with Crippen LogP contribution in [-0.2, 0) is 19.3 Å². The molecule has 7 heteroatoms. The zero-order chi connectivity index (χ0) is 20.8. The molecule has 150 valence electrons. The third-order valence-electron chi connectivity index (χ3n) is 4.79. The summed E-state index contributed by atoms with van der Waals surface area (Å²) in [7, 11) is 0. The largest absolute Gasteiger partial charge is 0.507 e. The van der Waals surface area contributed by atoms with Crippen molar-refractivity contribution in [1.29, 1.82) is 0 Å². The zero-order valence-corrected chi connectivity index (χ0v) is 16.2. The van der Waals surface area contributed by atoms with Crippen molar-refractivity contribution in [1.82, 2.24) is 20.2 Å². The van der Waals surface area contributed by atoms with Crippen LogP contribution in [0.4, 0.5) is 0 Å². The molecule has 1 aromatic carbocycles. The van der Waals surface area contributed by atoms with Crippen LogP contribution < -0.4 is 0 Å². The Morgan fingerprint density at radius 3 is 2.60 bits per heavy atom. The number of hydrogen-bond donors (Lipinski definition) is 2. The highest BCUT2D eigenvalue weighted by molar-refractivity contribution is 6.05. The van der Waals surface area contributed by atoms with E-state index in [-0.39, 0.29) is 11.6 Å². The Morgan fingerprint density at radius 2 is 1.87 bits per heavy atom. The summed E-state index contributed by atoms with van der Waals surface area (Å²) < 4.78 is 5.82. The van der Waals surface area contributed by atoms with Gasteiger partial charge in [-0.15, -0.1) is 0 Å². The first-order valence-corrected chi connectivity index (χ1v) is 9.53. The van der Waals surface area contributed by atoms with Crippen molar-refractivity contribution in [3.63, 3.8) is 0 Å². The van der Waals surface area contributed by atoms with Crippen molar-refractivity contribution >= 4 is 11.5 Å². The number of ketones is 1. The number of pyridine rings is 1. The van der Waals surface area contributed by atoms with Gasteiger partial charge in [0.2, 0.25) is 5.78 Å². The van der Waals surface area contributed by atoms with Crippen LogP contribution >= 0.6 is 0 Å². The summed E-state index contributed by atoms with van der Waals surface area (Å²) in [5, 5.41) is 16.8. The van der Waals surface area contributed by atoms with E-state index in [0.29, 0.717) is 18.4 Å². The first-order valence-electron chi connectivity index (χ1n) is 9.53. The van der Waals surface area contributed by atoms with E-state index in [1.165, 1.54) is 18.2 Å². The summed E-state index contributed by atoms with van der Waals surface area (Å²) >= 11 is 0. The molecule has 3 aromatic heterocycles. The number of aromatic nitrogens is 4. The van der Waals surface area contributed by atoms with Crippen LogP contribution in [0.3, 0.4) is 0 Å². The number of aliphatic hydroxyl groups is 1. The second-order valence-corrected chi connectivity index (χ2v) is 6.80. The summed E-state index contributed by atoms with van der Waals surface area (Å²) in [6.45, 7) is 0. The predicted octanol–water partition coefficient (Wildman–Crippen LogP) is 3.95. The van der Waals surface area contributed by atoms with Crippen LogP contribution in [0.15, 0.2) is 77.9 Å². The number of hydrogen-bond acceptors (Lipinski definition) is 6. The molecule has 30 heavy (non-hydrogen) atoms. The summed E-state index contributed by atoms with van der Waals surface area (Å²) in [4.78, 5) is 20.1. The standard InChI is InChI=1S/C23H20N4O3/c28-20(13-21(29)23-25-15-26-27-23)19-14-30-22(7-6-16-4-2-1-3-5-16)18(19)12-17-8-10-24-11-9-17/h1-5,8-11,13-15,28H,6-7,12H2,(H,25,26,27). The number of H-pyrrole nitrogens is 1. The lowest BCUT2D eigenvalue weighted by Gasteiger charge is -2.07. The molecule has 0 atom stereocenters. The number of benzene rings is 1. The van der Waals surface area contributed by atoms with Crippen molar-refractivity contribution in [2.24, 2.45) is 0 Å².